The molecule has 7 heteroatoms. The molecule has 1 aliphatic rings. The number of hydrogen-bond donors (Lipinski definition) is 1. The van der Waals surface area contributed by atoms with Crippen LogP contribution in [0.15, 0.2) is 60.7 Å². The molecule has 0 bridgehead atoms. The molecule has 2 aromatic carbocycles. The van der Waals surface area contributed by atoms with Crippen molar-refractivity contribution < 1.29 is 14.3 Å². The highest BCUT2D eigenvalue weighted by Gasteiger charge is 2.21. The van der Waals surface area contributed by atoms with Crippen molar-refractivity contribution in [3.63, 3.8) is 0 Å². The van der Waals surface area contributed by atoms with Crippen LogP contribution in [0, 0.1) is 0 Å². The molecule has 0 atom stereocenters. The fourth-order valence-electron chi connectivity index (χ4n) is 3.53. The molecule has 0 radical (unpaired) electrons. The van der Waals surface area contributed by atoms with E-state index in [1.165, 1.54) is 0 Å². The van der Waals surface area contributed by atoms with Crippen LogP contribution in [-0.4, -0.2) is 79.6 Å². The van der Waals surface area contributed by atoms with Gasteiger partial charge in [0.25, 0.3) is 0 Å². The number of amides is 3. The number of para-hydroxylation sites is 1. The van der Waals surface area contributed by atoms with E-state index in [0.717, 1.165) is 30.9 Å². The standard InChI is InChI=1S/C24H32N4O3/c1-26(20-21-8-4-2-5-9-21)24(30)25-13-12-23(29)28-16-14-27(15-17-28)18-19-31-22-10-6-3-7-11-22/h2-11H,12-20H2,1H3,(H,25,30). The third kappa shape index (κ3) is 7.61. The molecule has 2 aromatic rings. The molecular formula is C24H32N4O3. The fraction of sp³-hybridized carbons (Fsp3) is 0.417. The van der Waals surface area contributed by atoms with Gasteiger partial charge in [-0.2, -0.15) is 0 Å². The Bertz CT molecular complexity index is 808. The van der Waals surface area contributed by atoms with Gasteiger partial charge in [-0.3, -0.25) is 9.69 Å². The first-order valence-electron chi connectivity index (χ1n) is 10.8. The molecule has 1 fully saturated rings. The average molecular weight is 425 g/mol. The lowest BCUT2D eigenvalue weighted by molar-refractivity contribution is -0.132. The monoisotopic (exact) mass is 424 g/mol. The molecule has 3 rings (SSSR count). The van der Waals surface area contributed by atoms with Crippen LogP contribution >= 0.6 is 0 Å². The zero-order chi connectivity index (χ0) is 21.9. The molecule has 0 saturated carbocycles. The Morgan fingerprint density at radius 2 is 1.61 bits per heavy atom. The number of carbonyl (C=O) groups is 2. The molecule has 31 heavy (non-hydrogen) atoms. The van der Waals surface area contributed by atoms with Crippen LogP contribution in [0.5, 0.6) is 5.75 Å². The number of rotatable bonds is 9. The third-order valence-corrected chi connectivity index (χ3v) is 5.37. The Morgan fingerprint density at radius 3 is 2.29 bits per heavy atom. The van der Waals surface area contributed by atoms with Crippen LogP contribution in [-0.2, 0) is 11.3 Å². The number of nitrogens with one attached hydrogen (secondary N) is 1. The number of piperazine rings is 1. The van der Waals surface area contributed by atoms with Crippen molar-refractivity contribution in [2.75, 3.05) is 52.9 Å². The Morgan fingerprint density at radius 1 is 0.968 bits per heavy atom. The second kappa shape index (κ2) is 12.0. The van der Waals surface area contributed by atoms with Crippen molar-refractivity contribution >= 4 is 11.9 Å². The van der Waals surface area contributed by atoms with E-state index in [9.17, 15) is 9.59 Å². The summed E-state index contributed by atoms with van der Waals surface area (Å²) in [5.74, 6) is 0.971. The van der Waals surface area contributed by atoms with Gasteiger partial charge in [0.15, 0.2) is 0 Å². The molecule has 0 spiro atoms. The number of urea groups is 1. The van der Waals surface area contributed by atoms with Gasteiger partial charge in [-0.05, 0) is 17.7 Å². The van der Waals surface area contributed by atoms with Crippen LogP contribution in [0.25, 0.3) is 0 Å². The maximum absolute atomic E-state index is 12.5. The normalized spacial score (nSPS) is 14.2. The van der Waals surface area contributed by atoms with Gasteiger partial charge >= 0.3 is 6.03 Å². The van der Waals surface area contributed by atoms with Crippen molar-refractivity contribution in [2.24, 2.45) is 0 Å². The van der Waals surface area contributed by atoms with E-state index in [4.69, 9.17) is 4.74 Å². The van der Waals surface area contributed by atoms with E-state index in [-0.39, 0.29) is 11.9 Å². The van der Waals surface area contributed by atoms with E-state index in [1.807, 2.05) is 65.6 Å². The van der Waals surface area contributed by atoms with Gasteiger partial charge in [0.1, 0.15) is 12.4 Å². The number of hydrogen-bond acceptors (Lipinski definition) is 4. The minimum Gasteiger partial charge on any atom is -0.492 e. The van der Waals surface area contributed by atoms with E-state index < -0.39 is 0 Å². The molecule has 1 N–H and O–H groups in total. The minimum absolute atomic E-state index is 0.0891. The first-order chi connectivity index (χ1) is 15.1. The Kier molecular flexibility index (Phi) is 8.72. The zero-order valence-electron chi connectivity index (χ0n) is 18.2. The lowest BCUT2D eigenvalue weighted by atomic mass is 10.2. The summed E-state index contributed by atoms with van der Waals surface area (Å²) in [5, 5.41) is 2.84. The number of benzene rings is 2. The summed E-state index contributed by atoms with van der Waals surface area (Å²) in [6.45, 7) is 5.49. The van der Waals surface area contributed by atoms with Crippen molar-refractivity contribution in [1.29, 1.82) is 0 Å². The molecule has 1 heterocycles. The largest absolute Gasteiger partial charge is 0.492 e. The molecule has 0 unspecified atom stereocenters. The topological polar surface area (TPSA) is 65.1 Å². The van der Waals surface area contributed by atoms with E-state index in [0.29, 0.717) is 39.2 Å². The highest BCUT2D eigenvalue weighted by Crippen LogP contribution is 2.09. The third-order valence-electron chi connectivity index (χ3n) is 5.37. The summed E-state index contributed by atoms with van der Waals surface area (Å²) < 4.78 is 5.75. The maximum Gasteiger partial charge on any atom is 0.317 e. The van der Waals surface area contributed by atoms with Crippen LogP contribution in [0.4, 0.5) is 4.79 Å². The first kappa shape index (κ1) is 22.6. The lowest BCUT2D eigenvalue weighted by Crippen LogP contribution is -2.50. The van der Waals surface area contributed by atoms with E-state index >= 15 is 0 Å². The first-order valence-corrected chi connectivity index (χ1v) is 10.8. The number of nitrogens with zero attached hydrogens (tertiary/aromatic N) is 3. The van der Waals surface area contributed by atoms with Gasteiger partial charge in [0.05, 0.1) is 0 Å². The highest BCUT2D eigenvalue weighted by atomic mass is 16.5. The SMILES string of the molecule is CN(Cc1ccccc1)C(=O)NCCC(=O)N1CCN(CCOc2ccccc2)CC1. The predicted molar refractivity (Wildman–Crippen MR) is 121 cm³/mol. The smallest absolute Gasteiger partial charge is 0.317 e. The summed E-state index contributed by atoms with van der Waals surface area (Å²) in [4.78, 5) is 30.5. The molecule has 1 saturated heterocycles. The fourth-order valence-corrected chi connectivity index (χ4v) is 3.53. The van der Waals surface area contributed by atoms with Crippen molar-refractivity contribution in [3.8, 4) is 5.75 Å². The van der Waals surface area contributed by atoms with Crippen LogP contribution in [0.1, 0.15) is 12.0 Å². The Labute approximate surface area is 184 Å². The Hall–Kier alpha value is -3.06. The quantitative estimate of drug-likeness (QED) is 0.672. The van der Waals surface area contributed by atoms with Crippen molar-refractivity contribution in [3.05, 3.63) is 66.2 Å². The maximum atomic E-state index is 12.5. The van der Waals surface area contributed by atoms with Crippen molar-refractivity contribution in [1.82, 2.24) is 20.0 Å². The molecule has 7 nitrogen and oxygen atoms in total. The summed E-state index contributed by atoms with van der Waals surface area (Å²) in [5.41, 5.74) is 1.07. The van der Waals surface area contributed by atoms with Gasteiger partial charge in [-0.25, -0.2) is 4.79 Å². The molecule has 0 aromatic heterocycles. The van der Waals surface area contributed by atoms with Crippen LogP contribution in [0.3, 0.4) is 0 Å². The average Bonchev–Trinajstić information content (AvgIpc) is 2.80. The summed E-state index contributed by atoms with van der Waals surface area (Å²) >= 11 is 0. The molecular weight excluding hydrogens is 392 g/mol. The van der Waals surface area contributed by atoms with E-state index in [1.54, 1.807) is 11.9 Å². The predicted octanol–water partition coefficient (Wildman–Crippen LogP) is 2.44. The molecule has 166 valence electrons. The summed E-state index contributed by atoms with van der Waals surface area (Å²) in [6.07, 6.45) is 0.321. The van der Waals surface area contributed by atoms with Gasteiger partial charge < -0.3 is 19.9 Å². The van der Waals surface area contributed by atoms with E-state index in [2.05, 4.69) is 10.2 Å². The van der Waals surface area contributed by atoms with Crippen LogP contribution < -0.4 is 10.1 Å². The molecule has 3 amide bonds. The number of carbonyl (C=O) groups excluding carboxylic acids is 2. The summed E-state index contributed by atoms with van der Waals surface area (Å²) in [7, 11) is 1.75. The van der Waals surface area contributed by atoms with Crippen LogP contribution in [0.2, 0.25) is 0 Å². The van der Waals surface area contributed by atoms with Gasteiger partial charge in [0.2, 0.25) is 5.91 Å². The lowest BCUT2D eigenvalue weighted by Gasteiger charge is -2.34. The Balaban J connectivity index is 1.28. The highest BCUT2D eigenvalue weighted by molar-refractivity contribution is 5.78. The van der Waals surface area contributed by atoms with Crippen molar-refractivity contribution in [2.45, 2.75) is 13.0 Å². The van der Waals surface area contributed by atoms with Gasteiger partial charge in [-0.1, -0.05) is 48.5 Å². The molecule has 0 aliphatic carbocycles. The van der Waals surface area contributed by atoms with Gasteiger partial charge in [-0.15, -0.1) is 0 Å². The zero-order valence-corrected chi connectivity index (χ0v) is 18.2. The minimum atomic E-state index is -0.167. The second-order valence-electron chi connectivity index (χ2n) is 7.71. The summed E-state index contributed by atoms with van der Waals surface area (Å²) in [6, 6.07) is 19.5. The molecule has 1 aliphatic heterocycles. The second-order valence-corrected chi connectivity index (χ2v) is 7.71. The van der Waals surface area contributed by atoms with Gasteiger partial charge in [0, 0.05) is 59.3 Å². The number of ether oxygens (including phenoxy) is 1.